The minimum Gasteiger partial charge on any atom is -0.443 e. The van der Waals surface area contributed by atoms with E-state index in [9.17, 15) is 4.79 Å². The van der Waals surface area contributed by atoms with E-state index in [-0.39, 0.29) is 5.91 Å². The van der Waals surface area contributed by atoms with Crippen LogP contribution in [-0.2, 0) is 6.54 Å². The largest absolute Gasteiger partial charge is 0.443 e. The molecule has 0 atom stereocenters. The molecule has 24 heavy (non-hydrogen) atoms. The van der Waals surface area contributed by atoms with Gasteiger partial charge in [-0.15, -0.1) is 11.3 Å². The van der Waals surface area contributed by atoms with Crippen molar-refractivity contribution in [1.82, 2.24) is 19.7 Å². The number of hydrogen-bond donors (Lipinski definition) is 1. The van der Waals surface area contributed by atoms with Gasteiger partial charge in [0.1, 0.15) is 17.6 Å². The number of thiophene rings is 1. The van der Waals surface area contributed by atoms with Gasteiger partial charge in [-0.3, -0.25) is 4.79 Å². The maximum Gasteiger partial charge on any atom is 0.271 e. The first-order chi connectivity index (χ1) is 11.7. The summed E-state index contributed by atoms with van der Waals surface area (Å²) in [6, 6.07) is 7.79. The molecule has 0 saturated carbocycles. The number of pyridine rings is 1. The molecule has 4 aromatic heterocycles. The molecule has 1 amide bonds. The highest BCUT2D eigenvalue weighted by molar-refractivity contribution is 7.13. The summed E-state index contributed by atoms with van der Waals surface area (Å²) in [5.74, 6) is 0.328. The molecule has 0 aromatic carbocycles. The normalized spacial score (nSPS) is 11.0. The van der Waals surface area contributed by atoms with Crippen LogP contribution < -0.4 is 5.32 Å². The van der Waals surface area contributed by atoms with Crippen LogP contribution in [0.3, 0.4) is 0 Å². The summed E-state index contributed by atoms with van der Waals surface area (Å²) in [6.45, 7) is 2.28. The van der Waals surface area contributed by atoms with E-state index in [1.165, 1.54) is 0 Å². The van der Waals surface area contributed by atoms with Crippen LogP contribution in [0.5, 0.6) is 0 Å². The van der Waals surface area contributed by atoms with Crippen molar-refractivity contribution >= 4 is 22.9 Å². The maximum atomic E-state index is 12.3. The second-order valence-corrected chi connectivity index (χ2v) is 6.35. The molecule has 0 fully saturated rings. The van der Waals surface area contributed by atoms with Crippen LogP contribution in [0.4, 0.5) is 0 Å². The molecule has 0 spiro atoms. The molecule has 4 aromatic rings. The molecule has 0 aliphatic carbocycles. The third-order valence-corrected chi connectivity index (χ3v) is 4.42. The van der Waals surface area contributed by atoms with E-state index in [0.717, 1.165) is 16.1 Å². The van der Waals surface area contributed by atoms with Crippen molar-refractivity contribution in [2.24, 2.45) is 0 Å². The Balaban J connectivity index is 1.46. The van der Waals surface area contributed by atoms with Crippen LogP contribution in [0.25, 0.3) is 16.4 Å². The number of nitrogens with zero attached hydrogens (tertiary/aromatic N) is 3. The number of imidazole rings is 1. The second-order valence-electron chi connectivity index (χ2n) is 5.40. The molecule has 0 bridgehead atoms. The van der Waals surface area contributed by atoms with Gasteiger partial charge in [-0.25, -0.2) is 9.97 Å². The van der Waals surface area contributed by atoms with Crippen LogP contribution >= 0.6 is 11.3 Å². The molecule has 0 saturated heterocycles. The third-order valence-electron chi connectivity index (χ3n) is 3.56. The average Bonchev–Trinajstić information content (AvgIpc) is 3.30. The SMILES string of the molecule is Cc1ccn2cc(C(=O)NCc3coc(-c4cccs4)n3)nc2c1. The Hall–Kier alpha value is -2.93. The Morgan fingerprint density at radius 2 is 2.29 bits per heavy atom. The van der Waals surface area contributed by atoms with E-state index >= 15 is 0 Å². The molecule has 1 N–H and O–H groups in total. The van der Waals surface area contributed by atoms with Gasteiger partial charge in [0, 0.05) is 12.4 Å². The van der Waals surface area contributed by atoms with E-state index in [4.69, 9.17) is 4.42 Å². The summed E-state index contributed by atoms with van der Waals surface area (Å²) in [7, 11) is 0. The first-order valence-electron chi connectivity index (χ1n) is 7.41. The molecule has 0 aliphatic rings. The fourth-order valence-corrected chi connectivity index (χ4v) is 3.01. The van der Waals surface area contributed by atoms with Crippen molar-refractivity contribution in [3.05, 3.63) is 65.3 Å². The third kappa shape index (κ3) is 2.81. The second kappa shape index (κ2) is 5.93. The van der Waals surface area contributed by atoms with Crippen molar-refractivity contribution < 1.29 is 9.21 Å². The van der Waals surface area contributed by atoms with Gasteiger partial charge in [0.25, 0.3) is 5.91 Å². The predicted molar refractivity (Wildman–Crippen MR) is 90.9 cm³/mol. The number of fused-ring (bicyclic) bond motifs is 1. The van der Waals surface area contributed by atoms with Gasteiger partial charge in [-0.1, -0.05) is 6.07 Å². The Bertz CT molecular complexity index is 1000. The highest BCUT2D eigenvalue weighted by atomic mass is 32.1. The molecular weight excluding hydrogens is 324 g/mol. The minimum absolute atomic E-state index is 0.239. The van der Waals surface area contributed by atoms with Gasteiger partial charge in [-0.05, 0) is 36.1 Å². The lowest BCUT2D eigenvalue weighted by Gasteiger charge is -1.98. The molecule has 120 valence electrons. The van der Waals surface area contributed by atoms with Gasteiger partial charge in [0.15, 0.2) is 0 Å². The number of rotatable bonds is 4. The van der Waals surface area contributed by atoms with E-state index < -0.39 is 0 Å². The number of hydrogen-bond acceptors (Lipinski definition) is 5. The fourth-order valence-electron chi connectivity index (χ4n) is 2.36. The number of aromatic nitrogens is 3. The number of nitrogens with one attached hydrogen (secondary N) is 1. The number of oxazole rings is 1. The van der Waals surface area contributed by atoms with Crippen molar-refractivity contribution in [3.63, 3.8) is 0 Å². The molecule has 6 nitrogen and oxygen atoms in total. The average molecular weight is 338 g/mol. The van der Waals surface area contributed by atoms with Crippen molar-refractivity contribution in [3.8, 4) is 10.8 Å². The topological polar surface area (TPSA) is 72.4 Å². The number of carbonyl (C=O) groups excluding carboxylic acids is 1. The zero-order valence-corrected chi connectivity index (χ0v) is 13.7. The van der Waals surface area contributed by atoms with Crippen LogP contribution in [-0.4, -0.2) is 20.3 Å². The quantitative estimate of drug-likeness (QED) is 0.620. The molecule has 0 aliphatic heterocycles. The summed E-state index contributed by atoms with van der Waals surface area (Å²) >= 11 is 1.56. The highest BCUT2D eigenvalue weighted by Gasteiger charge is 2.12. The Labute approximate surface area is 141 Å². The smallest absolute Gasteiger partial charge is 0.271 e. The number of aryl methyl sites for hydroxylation is 1. The summed E-state index contributed by atoms with van der Waals surface area (Å²) in [4.78, 5) is 21.9. The van der Waals surface area contributed by atoms with E-state index in [1.807, 2.05) is 47.2 Å². The Kier molecular flexibility index (Phi) is 3.62. The van der Waals surface area contributed by atoms with Crippen molar-refractivity contribution in [2.45, 2.75) is 13.5 Å². The molecule has 4 heterocycles. The van der Waals surface area contributed by atoms with Crippen LogP contribution in [0.15, 0.2) is 52.7 Å². The first kappa shape index (κ1) is 14.6. The van der Waals surface area contributed by atoms with Gasteiger partial charge >= 0.3 is 0 Å². The zero-order valence-electron chi connectivity index (χ0n) is 12.9. The number of amides is 1. The Morgan fingerprint density at radius 1 is 1.38 bits per heavy atom. The van der Waals surface area contributed by atoms with E-state index in [1.54, 1.807) is 23.8 Å². The molecule has 7 heteroatoms. The summed E-state index contributed by atoms with van der Waals surface area (Å²) in [5, 5.41) is 4.78. The summed E-state index contributed by atoms with van der Waals surface area (Å²) in [6.07, 6.45) is 5.16. The molecule has 0 unspecified atom stereocenters. The van der Waals surface area contributed by atoms with Gasteiger partial charge in [0.05, 0.1) is 17.1 Å². The standard InChI is InChI=1S/C17H14N4O2S/c1-11-4-5-21-9-13(20-15(21)7-11)16(22)18-8-12-10-23-17(19-12)14-3-2-6-24-14/h2-7,9-10H,8H2,1H3,(H,18,22). The summed E-state index contributed by atoms with van der Waals surface area (Å²) in [5.41, 5.74) is 2.90. The predicted octanol–water partition coefficient (Wildman–Crippen LogP) is 3.29. The zero-order chi connectivity index (χ0) is 16.5. The first-order valence-corrected chi connectivity index (χ1v) is 8.29. The summed E-state index contributed by atoms with van der Waals surface area (Å²) < 4.78 is 7.26. The van der Waals surface area contributed by atoms with Gasteiger partial charge in [0.2, 0.25) is 5.89 Å². The van der Waals surface area contributed by atoms with Crippen LogP contribution in [0, 0.1) is 6.92 Å². The molecule has 0 radical (unpaired) electrons. The lowest BCUT2D eigenvalue weighted by Crippen LogP contribution is -2.23. The highest BCUT2D eigenvalue weighted by Crippen LogP contribution is 2.23. The monoisotopic (exact) mass is 338 g/mol. The Morgan fingerprint density at radius 3 is 3.12 bits per heavy atom. The van der Waals surface area contributed by atoms with E-state index in [0.29, 0.717) is 23.8 Å². The minimum atomic E-state index is -0.239. The van der Waals surface area contributed by atoms with Gasteiger partial charge < -0.3 is 14.1 Å². The molecule has 4 rings (SSSR count). The van der Waals surface area contributed by atoms with Crippen LogP contribution in [0.2, 0.25) is 0 Å². The lowest BCUT2D eigenvalue weighted by molar-refractivity contribution is 0.0946. The van der Waals surface area contributed by atoms with Crippen molar-refractivity contribution in [2.75, 3.05) is 0 Å². The molecular formula is C17H14N4O2S. The fraction of sp³-hybridized carbons (Fsp3) is 0.118. The maximum absolute atomic E-state index is 12.3. The van der Waals surface area contributed by atoms with Gasteiger partial charge in [-0.2, -0.15) is 0 Å². The van der Waals surface area contributed by atoms with E-state index in [2.05, 4.69) is 15.3 Å². The van der Waals surface area contributed by atoms with Crippen LogP contribution in [0.1, 0.15) is 21.7 Å². The number of carbonyl (C=O) groups is 1. The van der Waals surface area contributed by atoms with Crippen molar-refractivity contribution in [1.29, 1.82) is 0 Å². The lowest BCUT2D eigenvalue weighted by atomic mass is 10.3.